The van der Waals surface area contributed by atoms with E-state index >= 15 is 0 Å². The molecule has 1 aliphatic rings. The zero-order chi connectivity index (χ0) is 9.14. The molecule has 1 unspecified atom stereocenters. The van der Waals surface area contributed by atoms with E-state index in [2.05, 4.69) is 0 Å². The molecule has 0 aromatic heterocycles. The van der Waals surface area contributed by atoms with Crippen molar-refractivity contribution in [2.75, 3.05) is 20.3 Å². The van der Waals surface area contributed by atoms with Gasteiger partial charge >= 0.3 is 0 Å². The molecule has 5 nitrogen and oxygen atoms in total. The summed E-state index contributed by atoms with van der Waals surface area (Å²) in [7, 11) is 1.48. The molecule has 1 aliphatic heterocycles. The van der Waals surface area contributed by atoms with Gasteiger partial charge in [0.1, 0.15) is 24.4 Å². The van der Waals surface area contributed by atoms with Crippen molar-refractivity contribution in [2.24, 2.45) is 0 Å². The zero-order valence-corrected chi connectivity index (χ0v) is 6.88. The monoisotopic (exact) mass is 178 g/mol. The summed E-state index contributed by atoms with van der Waals surface area (Å²) in [6.07, 6.45) is -3.22. The Morgan fingerprint density at radius 3 is 2.25 bits per heavy atom. The van der Waals surface area contributed by atoms with E-state index in [1.165, 1.54) is 7.11 Å². The highest BCUT2D eigenvalue weighted by Crippen LogP contribution is 2.20. The molecule has 1 saturated heterocycles. The zero-order valence-electron chi connectivity index (χ0n) is 6.88. The van der Waals surface area contributed by atoms with Gasteiger partial charge in [0.25, 0.3) is 0 Å². The number of aliphatic hydroxyl groups excluding tert-OH is 3. The second-order valence-corrected chi connectivity index (χ2v) is 2.83. The van der Waals surface area contributed by atoms with Crippen molar-refractivity contribution < 1.29 is 24.8 Å². The fourth-order valence-electron chi connectivity index (χ4n) is 1.28. The summed E-state index contributed by atoms with van der Waals surface area (Å²) in [6, 6.07) is 0. The van der Waals surface area contributed by atoms with Crippen molar-refractivity contribution in [3.63, 3.8) is 0 Å². The van der Waals surface area contributed by atoms with Crippen molar-refractivity contribution in [3.05, 3.63) is 0 Å². The molecule has 0 aromatic rings. The molecule has 3 N–H and O–H groups in total. The van der Waals surface area contributed by atoms with Crippen molar-refractivity contribution >= 4 is 0 Å². The van der Waals surface area contributed by atoms with E-state index in [0.29, 0.717) is 0 Å². The molecule has 72 valence electrons. The molecule has 0 spiro atoms. The van der Waals surface area contributed by atoms with Gasteiger partial charge in [0.2, 0.25) is 0 Å². The molecule has 1 fully saturated rings. The lowest BCUT2D eigenvalue weighted by Crippen LogP contribution is -2.35. The van der Waals surface area contributed by atoms with E-state index < -0.39 is 24.4 Å². The Kier molecular flexibility index (Phi) is 3.42. The summed E-state index contributed by atoms with van der Waals surface area (Å²) < 4.78 is 9.86. The van der Waals surface area contributed by atoms with Gasteiger partial charge in [0.05, 0.1) is 13.2 Å². The number of methoxy groups -OCH3 is 1. The summed E-state index contributed by atoms with van der Waals surface area (Å²) in [5, 5.41) is 27.3. The van der Waals surface area contributed by atoms with E-state index in [1.54, 1.807) is 0 Å². The van der Waals surface area contributed by atoms with Gasteiger partial charge in [-0.3, -0.25) is 0 Å². The highest BCUT2D eigenvalue weighted by Gasteiger charge is 2.41. The second kappa shape index (κ2) is 4.15. The van der Waals surface area contributed by atoms with E-state index in [1.807, 2.05) is 0 Å². The predicted octanol–water partition coefficient (Wildman–Crippen LogP) is -1.89. The van der Waals surface area contributed by atoms with Gasteiger partial charge in [-0.15, -0.1) is 0 Å². The van der Waals surface area contributed by atoms with Crippen LogP contribution in [0.5, 0.6) is 0 Å². The van der Waals surface area contributed by atoms with Crippen LogP contribution in [0.2, 0.25) is 0 Å². The fourth-order valence-corrected chi connectivity index (χ4v) is 1.28. The molecule has 0 radical (unpaired) electrons. The lowest BCUT2D eigenvalue weighted by molar-refractivity contribution is -0.0473. The largest absolute Gasteiger partial charge is 0.394 e. The van der Waals surface area contributed by atoms with Crippen LogP contribution >= 0.6 is 0 Å². The minimum atomic E-state index is -1.02. The van der Waals surface area contributed by atoms with Crippen LogP contribution in [0.1, 0.15) is 0 Å². The van der Waals surface area contributed by atoms with Gasteiger partial charge in [-0.2, -0.15) is 0 Å². The van der Waals surface area contributed by atoms with Crippen molar-refractivity contribution in [1.82, 2.24) is 0 Å². The standard InChI is InChI=1S/C7H14O5/c1-11-3-5-7(10)6(9)4(2-8)12-5/h4-10H,2-3H2,1H3/t4-,5+,6?,7+/m1/s1. The third-order valence-electron chi connectivity index (χ3n) is 1.97. The number of hydrogen-bond donors (Lipinski definition) is 3. The number of aliphatic hydroxyl groups is 3. The second-order valence-electron chi connectivity index (χ2n) is 2.83. The lowest BCUT2D eigenvalue weighted by atomic mass is 10.1. The normalized spacial score (nSPS) is 42.0. The van der Waals surface area contributed by atoms with Crippen LogP contribution in [0.3, 0.4) is 0 Å². The molecule has 5 heteroatoms. The highest BCUT2D eigenvalue weighted by molar-refractivity contribution is 4.89. The average molecular weight is 178 g/mol. The molecular formula is C7H14O5. The number of hydrogen-bond acceptors (Lipinski definition) is 5. The molecular weight excluding hydrogens is 164 g/mol. The Hall–Kier alpha value is -0.200. The summed E-state index contributed by atoms with van der Waals surface area (Å²) in [6.45, 7) is -0.0762. The van der Waals surface area contributed by atoms with Crippen LogP contribution < -0.4 is 0 Å². The Balaban J connectivity index is 2.48. The maximum atomic E-state index is 9.32. The summed E-state index contributed by atoms with van der Waals surface area (Å²) in [5.41, 5.74) is 0. The summed E-state index contributed by atoms with van der Waals surface area (Å²) >= 11 is 0. The number of rotatable bonds is 3. The molecule has 0 amide bonds. The molecule has 1 rings (SSSR count). The molecule has 0 bridgehead atoms. The van der Waals surface area contributed by atoms with Gasteiger partial charge in [-0.1, -0.05) is 0 Å². The SMILES string of the molecule is COC[C@@H]1O[C@H](CO)C(O)[C@H]1O. The van der Waals surface area contributed by atoms with E-state index in [-0.39, 0.29) is 13.2 Å². The molecule has 0 aliphatic carbocycles. The lowest BCUT2D eigenvalue weighted by Gasteiger charge is -2.12. The van der Waals surface area contributed by atoms with Crippen LogP contribution in [0, 0.1) is 0 Å². The average Bonchev–Trinajstić information content (AvgIpc) is 2.33. The first-order chi connectivity index (χ1) is 5.70. The maximum Gasteiger partial charge on any atom is 0.111 e. The Morgan fingerprint density at radius 1 is 1.25 bits per heavy atom. The molecule has 0 saturated carbocycles. The van der Waals surface area contributed by atoms with Crippen molar-refractivity contribution in [2.45, 2.75) is 24.4 Å². The predicted molar refractivity (Wildman–Crippen MR) is 39.6 cm³/mol. The smallest absolute Gasteiger partial charge is 0.111 e. The van der Waals surface area contributed by atoms with E-state index in [0.717, 1.165) is 0 Å². The quantitative estimate of drug-likeness (QED) is 0.471. The first kappa shape index (κ1) is 9.88. The van der Waals surface area contributed by atoms with E-state index in [4.69, 9.17) is 14.6 Å². The number of ether oxygens (including phenoxy) is 2. The van der Waals surface area contributed by atoms with Gasteiger partial charge in [0, 0.05) is 7.11 Å². The maximum absolute atomic E-state index is 9.32. The third-order valence-corrected chi connectivity index (χ3v) is 1.97. The van der Waals surface area contributed by atoms with Crippen LogP contribution in [0.4, 0.5) is 0 Å². The molecule has 12 heavy (non-hydrogen) atoms. The first-order valence-corrected chi connectivity index (χ1v) is 3.82. The minimum Gasteiger partial charge on any atom is -0.394 e. The van der Waals surface area contributed by atoms with E-state index in [9.17, 15) is 10.2 Å². The van der Waals surface area contributed by atoms with Gasteiger partial charge in [-0.25, -0.2) is 0 Å². The van der Waals surface area contributed by atoms with Gasteiger partial charge < -0.3 is 24.8 Å². The van der Waals surface area contributed by atoms with Crippen molar-refractivity contribution in [1.29, 1.82) is 0 Å². The van der Waals surface area contributed by atoms with Crippen LogP contribution in [0.25, 0.3) is 0 Å². The Morgan fingerprint density at radius 2 is 1.83 bits per heavy atom. The Labute approximate surface area is 70.5 Å². The van der Waals surface area contributed by atoms with Gasteiger partial charge in [0.15, 0.2) is 0 Å². The van der Waals surface area contributed by atoms with Crippen LogP contribution in [0.15, 0.2) is 0 Å². The third kappa shape index (κ3) is 1.75. The highest BCUT2D eigenvalue weighted by atomic mass is 16.6. The molecule has 4 atom stereocenters. The Bertz CT molecular complexity index is 140. The molecule has 1 heterocycles. The van der Waals surface area contributed by atoms with Crippen molar-refractivity contribution in [3.8, 4) is 0 Å². The van der Waals surface area contributed by atoms with Crippen LogP contribution in [-0.4, -0.2) is 60.1 Å². The molecule has 0 aromatic carbocycles. The fraction of sp³-hybridized carbons (Fsp3) is 1.00. The summed E-state index contributed by atoms with van der Waals surface area (Å²) in [4.78, 5) is 0. The van der Waals surface area contributed by atoms with Crippen LogP contribution in [-0.2, 0) is 9.47 Å². The minimum absolute atomic E-state index is 0.217. The van der Waals surface area contributed by atoms with Gasteiger partial charge in [-0.05, 0) is 0 Å². The first-order valence-electron chi connectivity index (χ1n) is 3.82. The topological polar surface area (TPSA) is 79.2 Å². The summed E-state index contributed by atoms with van der Waals surface area (Å²) in [5.74, 6) is 0.